The third kappa shape index (κ3) is 3.58. The van der Waals surface area contributed by atoms with Gasteiger partial charge in [0.2, 0.25) is 5.91 Å². The minimum atomic E-state index is -0.0176. The average Bonchev–Trinajstić information content (AvgIpc) is 2.90. The standard InChI is InChI=1S/C17H29N5O/c1-17(2,3)14-9-15(21(4)20-14)19-16(23)11-22-12-5-6-13(22)10-18-8-7-12/h9,12-13,18H,5-8,10-11H2,1-4H3,(H,19,23). The molecule has 2 bridgehead atoms. The Hall–Kier alpha value is -1.40. The lowest BCUT2D eigenvalue weighted by Gasteiger charge is -2.26. The largest absolute Gasteiger partial charge is 0.315 e. The van der Waals surface area contributed by atoms with Crippen LogP contribution >= 0.6 is 0 Å². The number of amides is 1. The van der Waals surface area contributed by atoms with E-state index in [1.54, 1.807) is 4.68 Å². The van der Waals surface area contributed by atoms with E-state index in [9.17, 15) is 4.79 Å². The van der Waals surface area contributed by atoms with E-state index in [1.165, 1.54) is 12.8 Å². The Morgan fingerprint density at radius 3 is 2.78 bits per heavy atom. The minimum absolute atomic E-state index is 0.0176. The van der Waals surface area contributed by atoms with Crippen LogP contribution in [0, 0.1) is 0 Å². The normalized spacial score (nSPS) is 25.4. The maximum Gasteiger partial charge on any atom is 0.239 e. The second-order valence-corrected chi connectivity index (χ2v) is 7.89. The van der Waals surface area contributed by atoms with Crippen molar-refractivity contribution in [1.29, 1.82) is 0 Å². The number of anilines is 1. The van der Waals surface area contributed by atoms with Gasteiger partial charge in [0.1, 0.15) is 5.82 Å². The number of hydrogen-bond donors (Lipinski definition) is 2. The first-order chi connectivity index (χ1) is 10.8. The van der Waals surface area contributed by atoms with Crippen molar-refractivity contribution in [1.82, 2.24) is 20.0 Å². The first-order valence-corrected chi connectivity index (χ1v) is 8.65. The van der Waals surface area contributed by atoms with E-state index < -0.39 is 0 Å². The lowest BCUT2D eigenvalue weighted by Crippen LogP contribution is -2.43. The molecule has 0 spiro atoms. The Balaban J connectivity index is 1.65. The van der Waals surface area contributed by atoms with E-state index in [-0.39, 0.29) is 11.3 Å². The van der Waals surface area contributed by atoms with E-state index in [4.69, 9.17) is 0 Å². The maximum absolute atomic E-state index is 12.5. The molecule has 0 aliphatic carbocycles. The molecule has 1 aromatic heterocycles. The monoisotopic (exact) mass is 319 g/mol. The quantitative estimate of drug-likeness (QED) is 0.886. The summed E-state index contributed by atoms with van der Waals surface area (Å²) in [4.78, 5) is 14.9. The predicted octanol–water partition coefficient (Wildman–Crippen LogP) is 1.48. The lowest BCUT2D eigenvalue weighted by atomic mass is 9.92. The topological polar surface area (TPSA) is 62.2 Å². The number of aromatic nitrogens is 2. The zero-order chi connectivity index (χ0) is 16.6. The molecule has 2 saturated heterocycles. The van der Waals surface area contributed by atoms with Gasteiger partial charge in [0, 0.05) is 37.2 Å². The van der Waals surface area contributed by atoms with Gasteiger partial charge in [-0.1, -0.05) is 20.8 Å². The van der Waals surface area contributed by atoms with Gasteiger partial charge in [-0.05, 0) is 25.8 Å². The number of aryl methyl sites for hydroxylation is 1. The Labute approximate surface area is 138 Å². The van der Waals surface area contributed by atoms with E-state index in [0.29, 0.717) is 18.6 Å². The molecule has 23 heavy (non-hydrogen) atoms. The highest BCUT2D eigenvalue weighted by atomic mass is 16.2. The smallest absolute Gasteiger partial charge is 0.239 e. The molecule has 2 aliphatic rings. The summed E-state index contributed by atoms with van der Waals surface area (Å²) < 4.78 is 1.76. The Kier molecular flexibility index (Phi) is 4.47. The number of carbonyl (C=O) groups excluding carboxylic acids is 1. The van der Waals surface area contributed by atoms with Gasteiger partial charge in [-0.15, -0.1) is 0 Å². The molecule has 3 heterocycles. The van der Waals surface area contributed by atoms with Crippen molar-refractivity contribution >= 4 is 11.7 Å². The van der Waals surface area contributed by atoms with Crippen molar-refractivity contribution in [3.63, 3.8) is 0 Å². The molecule has 2 unspecified atom stereocenters. The number of nitrogens with zero attached hydrogens (tertiary/aromatic N) is 3. The highest BCUT2D eigenvalue weighted by Crippen LogP contribution is 2.28. The number of hydrogen-bond acceptors (Lipinski definition) is 4. The SMILES string of the molecule is Cn1nc(C(C)(C)C)cc1NC(=O)CN1C2CCNCC1CC2. The van der Waals surface area contributed by atoms with Gasteiger partial charge in [-0.2, -0.15) is 5.10 Å². The molecule has 128 valence electrons. The van der Waals surface area contributed by atoms with E-state index in [1.807, 2.05) is 13.1 Å². The van der Waals surface area contributed by atoms with Gasteiger partial charge in [0.15, 0.2) is 0 Å². The number of rotatable bonds is 3. The fourth-order valence-electron chi connectivity index (χ4n) is 3.64. The lowest BCUT2D eigenvalue weighted by molar-refractivity contribution is -0.118. The molecular weight excluding hydrogens is 290 g/mol. The number of nitrogens with one attached hydrogen (secondary N) is 2. The van der Waals surface area contributed by atoms with Crippen LogP contribution < -0.4 is 10.6 Å². The molecule has 1 amide bonds. The molecule has 2 atom stereocenters. The maximum atomic E-state index is 12.5. The van der Waals surface area contributed by atoms with Gasteiger partial charge >= 0.3 is 0 Å². The van der Waals surface area contributed by atoms with Crippen molar-refractivity contribution in [2.75, 3.05) is 25.0 Å². The van der Waals surface area contributed by atoms with Crippen LogP contribution in [-0.2, 0) is 17.3 Å². The van der Waals surface area contributed by atoms with Gasteiger partial charge < -0.3 is 10.6 Å². The number of carbonyl (C=O) groups is 1. The van der Waals surface area contributed by atoms with Crippen LogP contribution in [0.4, 0.5) is 5.82 Å². The van der Waals surface area contributed by atoms with Crippen molar-refractivity contribution in [3.05, 3.63) is 11.8 Å². The zero-order valence-corrected chi connectivity index (χ0v) is 14.7. The van der Waals surface area contributed by atoms with Gasteiger partial charge in [-0.25, -0.2) is 0 Å². The Bertz CT molecular complexity index is 560. The van der Waals surface area contributed by atoms with Gasteiger partial charge in [-0.3, -0.25) is 14.4 Å². The van der Waals surface area contributed by atoms with Crippen LogP contribution in [0.5, 0.6) is 0 Å². The van der Waals surface area contributed by atoms with Gasteiger partial charge in [0.25, 0.3) is 0 Å². The number of fused-ring (bicyclic) bond motifs is 2. The summed E-state index contributed by atoms with van der Waals surface area (Å²) in [6.45, 7) is 8.93. The first-order valence-electron chi connectivity index (χ1n) is 8.65. The summed E-state index contributed by atoms with van der Waals surface area (Å²) in [5, 5.41) is 11.0. The Morgan fingerprint density at radius 1 is 1.35 bits per heavy atom. The van der Waals surface area contributed by atoms with Gasteiger partial charge in [0.05, 0.1) is 12.2 Å². The summed E-state index contributed by atoms with van der Waals surface area (Å²) in [7, 11) is 1.88. The Morgan fingerprint density at radius 2 is 2.09 bits per heavy atom. The molecule has 1 aromatic rings. The summed E-state index contributed by atoms with van der Waals surface area (Å²) in [5.74, 6) is 0.840. The van der Waals surface area contributed by atoms with Crippen LogP contribution in [0.15, 0.2) is 6.07 Å². The summed E-state index contributed by atoms with van der Waals surface area (Å²) >= 11 is 0. The van der Waals surface area contributed by atoms with Crippen LogP contribution in [0.3, 0.4) is 0 Å². The summed E-state index contributed by atoms with van der Waals surface area (Å²) in [6.07, 6.45) is 3.56. The highest BCUT2D eigenvalue weighted by Gasteiger charge is 2.35. The third-order valence-corrected chi connectivity index (χ3v) is 5.05. The molecular formula is C17H29N5O. The highest BCUT2D eigenvalue weighted by molar-refractivity contribution is 5.91. The molecule has 2 N–H and O–H groups in total. The van der Waals surface area contributed by atoms with Crippen molar-refractivity contribution < 1.29 is 4.79 Å². The zero-order valence-electron chi connectivity index (χ0n) is 14.7. The average molecular weight is 319 g/mol. The molecule has 2 fully saturated rings. The molecule has 0 aromatic carbocycles. The van der Waals surface area contributed by atoms with E-state index in [0.717, 1.165) is 31.0 Å². The van der Waals surface area contributed by atoms with Crippen LogP contribution in [0.25, 0.3) is 0 Å². The molecule has 3 rings (SSSR count). The van der Waals surface area contributed by atoms with Crippen molar-refractivity contribution in [3.8, 4) is 0 Å². The summed E-state index contributed by atoms with van der Waals surface area (Å²) in [5.41, 5.74) is 0.977. The molecule has 2 aliphatic heterocycles. The second kappa shape index (κ2) is 6.24. The summed E-state index contributed by atoms with van der Waals surface area (Å²) in [6, 6.07) is 3.04. The molecule has 0 radical (unpaired) electrons. The predicted molar refractivity (Wildman–Crippen MR) is 91.5 cm³/mol. The van der Waals surface area contributed by atoms with Crippen molar-refractivity contribution in [2.45, 2.75) is 57.5 Å². The molecule has 0 saturated carbocycles. The third-order valence-electron chi connectivity index (χ3n) is 5.05. The first kappa shape index (κ1) is 16.5. The minimum Gasteiger partial charge on any atom is -0.315 e. The van der Waals surface area contributed by atoms with Crippen LogP contribution in [0.1, 0.15) is 45.7 Å². The van der Waals surface area contributed by atoms with Crippen LogP contribution in [-0.4, -0.2) is 52.3 Å². The molecule has 6 nitrogen and oxygen atoms in total. The van der Waals surface area contributed by atoms with E-state index in [2.05, 4.69) is 41.4 Å². The van der Waals surface area contributed by atoms with Crippen LogP contribution in [0.2, 0.25) is 0 Å². The van der Waals surface area contributed by atoms with E-state index >= 15 is 0 Å². The fourth-order valence-corrected chi connectivity index (χ4v) is 3.64. The molecule has 6 heteroatoms. The second-order valence-electron chi connectivity index (χ2n) is 7.89. The fraction of sp³-hybridized carbons (Fsp3) is 0.765. The van der Waals surface area contributed by atoms with Crippen molar-refractivity contribution in [2.24, 2.45) is 7.05 Å².